The molecule has 1 aromatic rings. The number of rotatable bonds is 3. The van der Waals surface area contributed by atoms with Crippen molar-refractivity contribution in [3.05, 3.63) is 35.4 Å². The predicted molar refractivity (Wildman–Crippen MR) is 75.8 cm³/mol. The van der Waals surface area contributed by atoms with Crippen molar-refractivity contribution in [2.24, 2.45) is 0 Å². The van der Waals surface area contributed by atoms with Gasteiger partial charge in [-0.2, -0.15) is 0 Å². The summed E-state index contributed by atoms with van der Waals surface area (Å²) in [7, 11) is 0. The van der Waals surface area contributed by atoms with E-state index < -0.39 is 0 Å². The fourth-order valence-corrected chi connectivity index (χ4v) is 2.68. The Morgan fingerprint density at radius 3 is 2.56 bits per heavy atom. The third kappa shape index (κ3) is 3.56. The molecule has 1 aromatic carbocycles. The zero-order valence-electron chi connectivity index (χ0n) is 12.0. The van der Waals surface area contributed by atoms with Crippen LogP contribution in [0.4, 0.5) is 0 Å². The molecule has 1 saturated heterocycles. The average molecular weight is 247 g/mol. The Kier molecular flexibility index (Phi) is 4.08. The molecule has 0 amide bonds. The van der Waals surface area contributed by atoms with Crippen LogP contribution in [0.3, 0.4) is 0 Å². The Morgan fingerprint density at radius 1 is 1.28 bits per heavy atom. The van der Waals surface area contributed by atoms with Gasteiger partial charge in [0.15, 0.2) is 0 Å². The maximum absolute atomic E-state index is 5.76. The van der Waals surface area contributed by atoms with Crippen molar-refractivity contribution in [3.8, 4) is 0 Å². The molecule has 18 heavy (non-hydrogen) atoms. The second kappa shape index (κ2) is 5.41. The van der Waals surface area contributed by atoms with Crippen LogP contribution in [-0.2, 0) is 4.74 Å². The van der Waals surface area contributed by atoms with Gasteiger partial charge in [-0.15, -0.1) is 0 Å². The van der Waals surface area contributed by atoms with E-state index in [0.717, 1.165) is 19.4 Å². The van der Waals surface area contributed by atoms with E-state index in [9.17, 15) is 0 Å². The van der Waals surface area contributed by atoms with Gasteiger partial charge in [-0.3, -0.25) is 0 Å². The molecule has 0 spiro atoms. The van der Waals surface area contributed by atoms with Crippen molar-refractivity contribution in [1.29, 1.82) is 0 Å². The first-order chi connectivity index (χ1) is 8.46. The molecule has 1 aliphatic rings. The molecule has 1 N–H and O–H groups in total. The highest BCUT2D eigenvalue weighted by atomic mass is 16.5. The van der Waals surface area contributed by atoms with Gasteiger partial charge in [0, 0.05) is 18.7 Å². The number of hydrogen-bond acceptors (Lipinski definition) is 2. The smallest absolute Gasteiger partial charge is 0.0641 e. The minimum atomic E-state index is 0.0168. The van der Waals surface area contributed by atoms with E-state index >= 15 is 0 Å². The van der Waals surface area contributed by atoms with E-state index in [1.54, 1.807) is 0 Å². The Labute approximate surface area is 111 Å². The van der Waals surface area contributed by atoms with Gasteiger partial charge in [0.1, 0.15) is 0 Å². The topological polar surface area (TPSA) is 21.3 Å². The van der Waals surface area contributed by atoms with Gasteiger partial charge < -0.3 is 10.1 Å². The van der Waals surface area contributed by atoms with Crippen LogP contribution in [0.5, 0.6) is 0 Å². The fraction of sp³-hybridized carbons (Fsp3) is 0.625. The molecular weight excluding hydrogens is 222 g/mol. The first-order valence-electron chi connectivity index (χ1n) is 6.93. The number of aryl methyl sites for hydroxylation is 1. The number of benzene rings is 1. The Morgan fingerprint density at radius 2 is 1.94 bits per heavy atom. The van der Waals surface area contributed by atoms with Crippen molar-refractivity contribution in [3.63, 3.8) is 0 Å². The van der Waals surface area contributed by atoms with Crippen LogP contribution in [0.1, 0.15) is 50.8 Å². The van der Waals surface area contributed by atoms with Crippen LogP contribution in [0, 0.1) is 6.92 Å². The average Bonchev–Trinajstić information content (AvgIpc) is 2.28. The summed E-state index contributed by atoms with van der Waals surface area (Å²) in [5, 5.41) is 3.73. The lowest BCUT2D eigenvalue weighted by atomic mass is 9.93. The van der Waals surface area contributed by atoms with E-state index in [1.165, 1.54) is 11.1 Å². The normalized spacial score (nSPS) is 24.8. The van der Waals surface area contributed by atoms with Gasteiger partial charge in [0.25, 0.3) is 0 Å². The van der Waals surface area contributed by atoms with Crippen LogP contribution in [0.2, 0.25) is 0 Å². The molecule has 0 aromatic heterocycles. The lowest BCUT2D eigenvalue weighted by Gasteiger charge is -2.37. The molecule has 1 unspecified atom stereocenters. The van der Waals surface area contributed by atoms with Gasteiger partial charge >= 0.3 is 0 Å². The molecule has 0 radical (unpaired) electrons. The molecule has 1 fully saturated rings. The van der Waals surface area contributed by atoms with Crippen molar-refractivity contribution >= 4 is 0 Å². The zero-order valence-corrected chi connectivity index (χ0v) is 12.0. The Balaban J connectivity index is 1.94. The second-order valence-electron chi connectivity index (χ2n) is 6.10. The van der Waals surface area contributed by atoms with E-state index in [0.29, 0.717) is 12.1 Å². The van der Waals surface area contributed by atoms with Crippen molar-refractivity contribution in [2.45, 2.75) is 58.2 Å². The summed E-state index contributed by atoms with van der Waals surface area (Å²) in [6.07, 6.45) is 2.20. The van der Waals surface area contributed by atoms with E-state index in [1.807, 2.05) is 0 Å². The van der Waals surface area contributed by atoms with Crippen LogP contribution in [0.25, 0.3) is 0 Å². The molecule has 0 bridgehead atoms. The molecule has 2 heteroatoms. The molecule has 100 valence electrons. The molecular formula is C16H25NO. The molecule has 2 atom stereocenters. The second-order valence-corrected chi connectivity index (χ2v) is 6.10. The summed E-state index contributed by atoms with van der Waals surface area (Å²) < 4.78 is 5.76. The monoisotopic (exact) mass is 247 g/mol. The standard InChI is InChI=1S/C16H25NO/c1-12-5-7-14(8-6-12)13(2)17-15-9-10-18-16(3,4)11-15/h5-8,13,15,17H,9-11H2,1-4H3/t13-,15?/m1/s1. The third-order valence-electron chi connectivity index (χ3n) is 3.76. The molecule has 0 aliphatic carbocycles. The van der Waals surface area contributed by atoms with Gasteiger partial charge in [0.05, 0.1) is 5.60 Å². The Bertz CT molecular complexity index is 383. The highest BCUT2D eigenvalue weighted by Gasteiger charge is 2.29. The predicted octanol–water partition coefficient (Wildman–Crippen LogP) is 3.60. The summed E-state index contributed by atoms with van der Waals surface area (Å²) in [6, 6.07) is 9.77. The van der Waals surface area contributed by atoms with E-state index in [-0.39, 0.29) is 5.60 Å². The highest BCUT2D eigenvalue weighted by Crippen LogP contribution is 2.26. The Hall–Kier alpha value is -0.860. The lowest BCUT2D eigenvalue weighted by molar-refractivity contribution is -0.0639. The van der Waals surface area contributed by atoms with Crippen molar-refractivity contribution < 1.29 is 4.74 Å². The summed E-state index contributed by atoms with van der Waals surface area (Å²) >= 11 is 0. The molecule has 2 nitrogen and oxygen atoms in total. The molecule has 2 rings (SSSR count). The quantitative estimate of drug-likeness (QED) is 0.881. The molecule has 1 heterocycles. The minimum absolute atomic E-state index is 0.0168. The van der Waals surface area contributed by atoms with Gasteiger partial charge in [-0.25, -0.2) is 0 Å². The van der Waals surface area contributed by atoms with Crippen LogP contribution >= 0.6 is 0 Å². The summed E-state index contributed by atoms with van der Waals surface area (Å²) in [5.41, 5.74) is 2.70. The summed E-state index contributed by atoms with van der Waals surface area (Å²) in [4.78, 5) is 0. The lowest BCUT2D eigenvalue weighted by Crippen LogP contribution is -2.44. The van der Waals surface area contributed by atoms with Crippen LogP contribution < -0.4 is 5.32 Å². The third-order valence-corrected chi connectivity index (χ3v) is 3.76. The van der Waals surface area contributed by atoms with Crippen molar-refractivity contribution in [1.82, 2.24) is 5.32 Å². The van der Waals surface area contributed by atoms with Gasteiger partial charge in [-0.05, 0) is 46.1 Å². The molecule has 1 aliphatic heterocycles. The molecule has 0 saturated carbocycles. The SMILES string of the molecule is Cc1ccc([C@@H](C)NC2CCOC(C)(C)C2)cc1. The number of hydrogen-bond donors (Lipinski definition) is 1. The number of nitrogens with one attached hydrogen (secondary N) is 1. The van der Waals surface area contributed by atoms with E-state index in [2.05, 4.69) is 57.3 Å². The van der Waals surface area contributed by atoms with Crippen LogP contribution in [-0.4, -0.2) is 18.2 Å². The first kappa shape index (κ1) is 13.6. The first-order valence-corrected chi connectivity index (χ1v) is 6.93. The van der Waals surface area contributed by atoms with Gasteiger partial charge in [0.2, 0.25) is 0 Å². The van der Waals surface area contributed by atoms with E-state index in [4.69, 9.17) is 4.74 Å². The highest BCUT2D eigenvalue weighted by molar-refractivity contribution is 5.23. The maximum atomic E-state index is 5.76. The maximum Gasteiger partial charge on any atom is 0.0641 e. The van der Waals surface area contributed by atoms with Crippen LogP contribution in [0.15, 0.2) is 24.3 Å². The summed E-state index contributed by atoms with van der Waals surface area (Å²) in [6.45, 7) is 9.59. The number of ether oxygens (including phenoxy) is 1. The summed E-state index contributed by atoms with van der Waals surface area (Å²) in [5.74, 6) is 0. The zero-order chi connectivity index (χ0) is 13.2. The van der Waals surface area contributed by atoms with Crippen molar-refractivity contribution in [2.75, 3.05) is 6.61 Å². The largest absolute Gasteiger partial charge is 0.375 e. The fourth-order valence-electron chi connectivity index (χ4n) is 2.68. The van der Waals surface area contributed by atoms with Gasteiger partial charge in [-0.1, -0.05) is 29.8 Å². The minimum Gasteiger partial charge on any atom is -0.375 e.